The Labute approximate surface area is 96.4 Å². The molecule has 1 fully saturated rings. The first-order valence-electron chi connectivity index (χ1n) is 5.86. The molecule has 1 saturated carbocycles. The van der Waals surface area contributed by atoms with Crippen LogP contribution in [-0.2, 0) is 11.2 Å². The molecule has 1 amide bonds. The van der Waals surface area contributed by atoms with E-state index >= 15 is 0 Å². The number of hydrogen-bond donors (Lipinski definition) is 0. The largest absolute Gasteiger partial charge is 0.466 e. The summed E-state index contributed by atoms with van der Waals surface area (Å²) in [5, 5.41) is 0. The molecule has 0 aliphatic heterocycles. The van der Waals surface area contributed by atoms with Crippen LogP contribution >= 0.6 is 0 Å². The van der Waals surface area contributed by atoms with E-state index in [1.54, 1.807) is 19.0 Å². The van der Waals surface area contributed by atoms with Crippen molar-refractivity contribution >= 4 is 5.91 Å². The van der Waals surface area contributed by atoms with Crippen LogP contribution in [0.25, 0.3) is 0 Å². The molecule has 0 bridgehead atoms. The van der Waals surface area contributed by atoms with E-state index in [1.165, 1.54) is 6.42 Å². The summed E-state index contributed by atoms with van der Waals surface area (Å²) in [4.78, 5) is 13.0. The van der Waals surface area contributed by atoms with Crippen molar-refractivity contribution < 1.29 is 9.21 Å². The maximum Gasteiger partial charge on any atom is 0.222 e. The van der Waals surface area contributed by atoms with E-state index in [1.807, 2.05) is 6.07 Å². The Kier molecular flexibility index (Phi) is 3.03. The smallest absolute Gasteiger partial charge is 0.222 e. The molecule has 1 aromatic rings. The van der Waals surface area contributed by atoms with E-state index in [-0.39, 0.29) is 5.91 Å². The van der Waals surface area contributed by atoms with Crippen molar-refractivity contribution in [2.45, 2.75) is 32.1 Å². The fourth-order valence-electron chi connectivity index (χ4n) is 1.90. The van der Waals surface area contributed by atoms with E-state index in [0.717, 1.165) is 17.4 Å². The number of amides is 1. The molecule has 2 rings (SSSR count). The second-order valence-electron chi connectivity index (χ2n) is 4.91. The summed E-state index contributed by atoms with van der Waals surface area (Å²) in [6.07, 6.45) is 2.47. The lowest BCUT2D eigenvalue weighted by Gasteiger charge is -2.08. The van der Waals surface area contributed by atoms with E-state index in [9.17, 15) is 4.79 Å². The van der Waals surface area contributed by atoms with Crippen LogP contribution in [0.3, 0.4) is 0 Å². The van der Waals surface area contributed by atoms with E-state index in [0.29, 0.717) is 18.8 Å². The number of carbonyl (C=O) groups is 1. The zero-order chi connectivity index (χ0) is 11.7. The molecule has 2 atom stereocenters. The Morgan fingerprint density at radius 2 is 2.19 bits per heavy atom. The fraction of sp³-hybridized carbons (Fsp3) is 0.615. The van der Waals surface area contributed by atoms with Gasteiger partial charge in [0.1, 0.15) is 11.5 Å². The van der Waals surface area contributed by atoms with Gasteiger partial charge in [0.15, 0.2) is 0 Å². The normalized spacial score (nSPS) is 23.2. The number of aryl methyl sites for hydroxylation is 1. The van der Waals surface area contributed by atoms with Gasteiger partial charge >= 0.3 is 0 Å². The Morgan fingerprint density at radius 1 is 1.50 bits per heavy atom. The molecule has 1 aromatic heterocycles. The maximum atomic E-state index is 11.4. The zero-order valence-corrected chi connectivity index (χ0v) is 10.2. The van der Waals surface area contributed by atoms with Crippen molar-refractivity contribution in [2.75, 3.05) is 14.1 Å². The molecule has 88 valence electrons. The molecule has 3 heteroatoms. The van der Waals surface area contributed by atoms with Gasteiger partial charge in [-0.2, -0.15) is 0 Å². The van der Waals surface area contributed by atoms with Crippen molar-refractivity contribution in [3.63, 3.8) is 0 Å². The molecule has 0 aromatic carbocycles. The molecule has 1 aliphatic rings. The molecule has 0 N–H and O–H groups in total. The van der Waals surface area contributed by atoms with Crippen molar-refractivity contribution in [1.29, 1.82) is 0 Å². The molecular formula is C13H19NO2. The van der Waals surface area contributed by atoms with E-state index in [4.69, 9.17) is 4.42 Å². The predicted molar refractivity (Wildman–Crippen MR) is 62.2 cm³/mol. The summed E-state index contributed by atoms with van der Waals surface area (Å²) >= 11 is 0. The van der Waals surface area contributed by atoms with Crippen LogP contribution in [0.1, 0.15) is 37.2 Å². The topological polar surface area (TPSA) is 33.5 Å². The SMILES string of the molecule is C[C@H]1C[C@H]1c1ccc(CCC(=O)N(C)C)o1. The minimum atomic E-state index is 0.151. The number of furan rings is 1. The lowest BCUT2D eigenvalue weighted by atomic mass is 10.2. The number of hydrogen-bond acceptors (Lipinski definition) is 2. The highest BCUT2D eigenvalue weighted by Gasteiger charge is 2.36. The van der Waals surface area contributed by atoms with Crippen molar-refractivity contribution in [2.24, 2.45) is 5.92 Å². The summed E-state index contributed by atoms with van der Waals surface area (Å²) < 4.78 is 5.74. The standard InChI is InChI=1S/C13H19NO2/c1-9-8-11(9)12-6-4-10(16-12)5-7-13(15)14(2)3/h4,6,9,11H,5,7-8H2,1-3H3/t9-,11+/m0/s1. The second kappa shape index (κ2) is 4.32. The van der Waals surface area contributed by atoms with Crippen molar-refractivity contribution in [3.05, 3.63) is 23.7 Å². The lowest BCUT2D eigenvalue weighted by Crippen LogP contribution is -2.21. The van der Waals surface area contributed by atoms with Gasteiger partial charge in [-0.15, -0.1) is 0 Å². The average molecular weight is 221 g/mol. The highest BCUT2D eigenvalue weighted by Crippen LogP contribution is 2.47. The van der Waals surface area contributed by atoms with Crippen LogP contribution in [-0.4, -0.2) is 24.9 Å². The van der Waals surface area contributed by atoms with E-state index < -0.39 is 0 Å². The summed E-state index contributed by atoms with van der Waals surface area (Å²) in [5.41, 5.74) is 0. The Bertz CT molecular complexity index is 381. The van der Waals surface area contributed by atoms with Gasteiger partial charge < -0.3 is 9.32 Å². The third-order valence-corrected chi connectivity index (χ3v) is 3.24. The third kappa shape index (κ3) is 2.46. The first kappa shape index (κ1) is 11.2. The van der Waals surface area contributed by atoms with Crippen molar-refractivity contribution in [3.8, 4) is 0 Å². The molecule has 0 saturated heterocycles. The van der Waals surface area contributed by atoms with Crippen LogP contribution in [0, 0.1) is 5.92 Å². The molecule has 0 spiro atoms. The summed E-state index contributed by atoms with van der Waals surface area (Å²) in [7, 11) is 3.56. The second-order valence-corrected chi connectivity index (χ2v) is 4.91. The highest BCUT2D eigenvalue weighted by molar-refractivity contribution is 5.75. The van der Waals surface area contributed by atoms with E-state index in [2.05, 4.69) is 13.0 Å². The molecule has 1 aliphatic carbocycles. The van der Waals surface area contributed by atoms with Crippen LogP contribution in [0.4, 0.5) is 0 Å². The molecular weight excluding hydrogens is 202 g/mol. The van der Waals surface area contributed by atoms with Crippen molar-refractivity contribution in [1.82, 2.24) is 4.90 Å². The van der Waals surface area contributed by atoms with Gasteiger partial charge in [0.05, 0.1) is 0 Å². The summed E-state index contributed by atoms with van der Waals surface area (Å²) in [5.74, 6) is 3.57. The van der Waals surface area contributed by atoms with Crippen LogP contribution in [0.5, 0.6) is 0 Å². The predicted octanol–water partition coefficient (Wildman–Crippen LogP) is 2.42. The fourth-order valence-corrected chi connectivity index (χ4v) is 1.90. The first-order chi connectivity index (χ1) is 7.58. The molecule has 0 unspecified atom stereocenters. The third-order valence-electron chi connectivity index (χ3n) is 3.24. The van der Waals surface area contributed by atoms with Crippen LogP contribution in [0.2, 0.25) is 0 Å². The Morgan fingerprint density at radius 3 is 2.75 bits per heavy atom. The summed E-state index contributed by atoms with van der Waals surface area (Å²) in [6.45, 7) is 2.24. The molecule has 3 nitrogen and oxygen atoms in total. The highest BCUT2D eigenvalue weighted by atomic mass is 16.3. The lowest BCUT2D eigenvalue weighted by molar-refractivity contribution is -0.128. The van der Waals surface area contributed by atoms with Gasteiger partial charge in [-0.3, -0.25) is 4.79 Å². The quantitative estimate of drug-likeness (QED) is 0.782. The van der Waals surface area contributed by atoms with Gasteiger partial charge in [-0.05, 0) is 24.5 Å². The van der Waals surface area contributed by atoms with Gasteiger partial charge in [0.25, 0.3) is 0 Å². The van der Waals surface area contributed by atoms with Crippen LogP contribution < -0.4 is 0 Å². The van der Waals surface area contributed by atoms with Gasteiger partial charge in [0.2, 0.25) is 5.91 Å². The summed E-state index contributed by atoms with van der Waals surface area (Å²) in [6, 6.07) is 4.06. The van der Waals surface area contributed by atoms with Gasteiger partial charge in [-0.1, -0.05) is 6.92 Å². The van der Waals surface area contributed by atoms with Crippen LogP contribution in [0.15, 0.2) is 16.5 Å². The number of rotatable bonds is 4. The minimum absolute atomic E-state index is 0.151. The molecule has 16 heavy (non-hydrogen) atoms. The molecule has 0 radical (unpaired) electrons. The maximum absolute atomic E-state index is 11.4. The Balaban J connectivity index is 1.86. The zero-order valence-electron chi connectivity index (χ0n) is 10.2. The Hall–Kier alpha value is -1.25. The number of carbonyl (C=O) groups excluding carboxylic acids is 1. The average Bonchev–Trinajstić information content (AvgIpc) is 2.80. The monoisotopic (exact) mass is 221 g/mol. The first-order valence-corrected chi connectivity index (χ1v) is 5.86. The van der Waals surface area contributed by atoms with Gasteiger partial charge in [0, 0.05) is 32.9 Å². The number of nitrogens with zero attached hydrogens (tertiary/aromatic N) is 1. The minimum Gasteiger partial charge on any atom is -0.466 e. The van der Waals surface area contributed by atoms with Gasteiger partial charge in [-0.25, -0.2) is 0 Å². The molecule has 1 heterocycles.